The molecule has 3 rings (SSSR count). The summed E-state index contributed by atoms with van der Waals surface area (Å²) in [5.41, 5.74) is 0. The summed E-state index contributed by atoms with van der Waals surface area (Å²) in [4.78, 5) is 2.75. The van der Waals surface area contributed by atoms with Gasteiger partial charge < -0.3 is 5.32 Å². The van der Waals surface area contributed by atoms with Gasteiger partial charge in [0.05, 0.1) is 0 Å². The summed E-state index contributed by atoms with van der Waals surface area (Å²) in [5, 5.41) is 3.88. The van der Waals surface area contributed by atoms with Crippen molar-refractivity contribution in [2.24, 2.45) is 11.8 Å². The molecule has 1 N–H and O–H groups in total. The Morgan fingerprint density at radius 1 is 1.06 bits per heavy atom. The van der Waals surface area contributed by atoms with Gasteiger partial charge in [-0.3, -0.25) is 4.90 Å². The molecule has 0 aromatic rings. The normalized spacial score (nSPS) is 42.3. The molecule has 4 atom stereocenters. The van der Waals surface area contributed by atoms with Crippen LogP contribution in [-0.2, 0) is 0 Å². The first-order chi connectivity index (χ1) is 8.74. The van der Waals surface area contributed by atoms with E-state index in [-0.39, 0.29) is 0 Å². The van der Waals surface area contributed by atoms with Gasteiger partial charge >= 0.3 is 0 Å². The Labute approximate surface area is 113 Å². The van der Waals surface area contributed by atoms with Gasteiger partial charge in [0.1, 0.15) is 0 Å². The van der Waals surface area contributed by atoms with Crippen molar-refractivity contribution in [3.05, 3.63) is 0 Å². The van der Waals surface area contributed by atoms with Crippen LogP contribution in [0.25, 0.3) is 0 Å². The van der Waals surface area contributed by atoms with E-state index in [0.717, 1.165) is 30.0 Å². The van der Waals surface area contributed by atoms with Crippen molar-refractivity contribution < 1.29 is 0 Å². The molecule has 3 fully saturated rings. The Bertz CT molecular complexity index is 274. The highest BCUT2D eigenvalue weighted by molar-refractivity contribution is 4.96. The van der Waals surface area contributed by atoms with Crippen LogP contribution in [0.15, 0.2) is 0 Å². The molecule has 0 radical (unpaired) electrons. The first kappa shape index (κ1) is 12.9. The number of likely N-dealkylation sites (tertiary alicyclic amines) is 1. The van der Waals surface area contributed by atoms with Crippen molar-refractivity contribution in [2.45, 2.75) is 76.9 Å². The number of rotatable bonds is 4. The Hall–Kier alpha value is -0.0800. The van der Waals surface area contributed by atoms with Crippen LogP contribution in [0.4, 0.5) is 0 Å². The van der Waals surface area contributed by atoms with Crippen molar-refractivity contribution >= 4 is 0 Å². The summed E-state index contributed by atoms with van der Waals surface area (Å²) in [7, 11) is 0. The first-order valence-corrected chi connectivity index (χ1v) is 8.23. The van der Waals surface area contributed by atoms with E-state index in [4.69, 9.17) is 0 Å². The van der Waals surface area contributed by atoms with E-state index in [1.165, 1.54) is 58.0 Å². The van der Waals surface area contributed by atoms with Crippen LogP contribution in [-0.4, -0.2) is 36.1 Å². The molecule has 1 aliphatic heterocycles. The Balaban J connectivity index is 1.43. The molecule has 0 bridgehead atoms. The van der Waals surface area contributed by atoms with Gasteiger partial charge in [-0.2, -0.15) is 0 Å². The SMILES string of the molecule is CC1CCCCC1CNC1CC(C)N(C2CC2)C1. The lowest BCUT2D eigenvalue weighted by Crippen LogP contribution is -2.38. The standard InChI is InChI=1S/C16H30N2/c1-12-5-3-4-6-14(12)10-17-15-9-13(2)18(11-15)16-7-8-16/h12-17H,3-11H2,1-2H3. The van der Waals surface area contributed by atoms with Crippen LogP contribution < -0.4 is 5.32 Å². The Kier molecular flexibility index (Phi) is 3.95. The summed E-state index contributed by atoms with van der Waals surface area (Å²) in [6.45, 7) is 7.46. The molecule has 2 aliphatic carbocycles. The van der Waals surface area contributed by atoms with E-state index in [2.05, 4.69) is 24.1 Å². The highest BCUT2D eigenvalue weighted by Gasteiger charge is 2.38. The predicted molar refractivity (Wildman–Crippen MR) is 76.7 cm³/mol. The van der Waals surface area contributed by atoms with Crippen molar-refractivity contribution in [1.82, 2.24) is 10.2 Å². The van der Waals surface area contributed by atoms with Gasteiger partial charge in [-0.1, -0.05) is 26.2 Å². The van der Waals surface area contributed by atoms with E-state index in [9.17, 15) is 0 Å². The smallest absolute Gasteiger partial charge is 0.0210 e. The third kappa shape index (κ3) is 2.91. The monoisotopic (exact) mass is 250 g/mol. The zero-order valence-corrected chi connectivity index (χ0v) is 12.2. The second-order valence-electron chi connectivity index (χ2n) is 7.14. The lowest BCUT2D eigenvalue weighted by atomic mass is 9.80. The summed E-state index contributed by atoms with van der Waals surface area (Å²) >= 11 is 0. The summed E-state index contributed by atoms with van der Waals surface area (Å²) in [5.74, 6) is 1.90. The van der Waals surface area contributed by atoms with Crippen molar-refractivity contribution in [2.75, 3.05) is 13.1 Å². The molecule has 0 spiro atoms. The topological polar surface area (TPSA) is 15.3 Å². The molecule has 2 heteroatoms. The summed E-state index contributed by atoms with van der Waals surface area (Å²) in [6, 6.07) is 2.54. The number of hydrogen-bond donors (Lipinski definition) is 1. The maximum atomic E-state index is 3.88. The van der Waals surface area contributed by atoms with Gasteiger partial charge in [0.2, 0.25) is 0 Å². The van der Waals surface area contributed by atoms with E-state index >= 15 is 0 Å². The fourth-order valence-corrected chi connectivity index (χ4v) is 4.13. The Morgan fingerprint density at radius 3 is 2.56 bits per heavy atom. The van der Waals surface area contributed by atoms with Crippen LogP contribution in [0, 0.1) is 11.8 Å². The lowest BCUT2D eigenvalue weighted by molar-refractivity contribution is 0.234. The minimum Gasteiger partial charge on any atom is -0.312 e. The van der Waals surface area contributed by atoms with Crippen LogP contribution in [0.2, 0.25) is 0 Å². The van der Waals surface area contributed by atoms with Crippen molar-refractivity contribution in [1.29, 1.82) is 0 Å². The van der Waals surface area contributed by atoms with Gasteiger partial charge in [-0.15, -0.1) is 0 Å². The molecule has 18 heavy (non-hydrogen) atoms. The average Bonchev–Trinajstić information content (AvgIpc) is 3.13. The number of hydrogen-bond acceptors (Lipinski definition) is 2. The molecule has 0 aromatic carbocycles. The highest BCUT2D eigenvalue weighted by atomic mass is 15.3. The minimum atomic E-state index is 0.773. The zero-order chi connectivity index (χ0) is 12.5. The van der Waals surface area contributed by atoms with Crippen LogP contribution >= 0.6 is 0 Å². The predicted octanol–water partition coefficient (Wildman–Crippen LogP) is 3.03. The summed E-state index contributed by atoms with van der Waals surface area (Å²) < 4.78 is 0. The van der Waals surface area contributed by atoms with Crippen LogP contribution in [0.5, 0.6) is 0 Å². The molecule has 2 nitrogen and oxygen atoms in total. The maximum absolute atomic E-state index is 3.88. The molecule has 1 heterocycles. The molecule has 2 saturated carbocycles. The second-order valence-corrected chi connectivity index (χ2v) is 7.14. The van der Waals surface area contributed by atoms with Gasteiger partial charge in [-0.25, -0.2) is 0 Å². The Morgan fingerprint density at radius 2 is 1.83 bits per heavy atom. The van der Waals surface area contributed by atoms with Gasteiger partial charge in [-0.05, 0) is 51.0 Å². The molecular weight excluding hydrogens is 220 g/mol. The maximum Gasteiger partial charge on any atom is 0.0210 e. The molecule has 0 amide bonds. The van der Waals surface area contributed by atoms with Crippen LogP contribution in [0.3, 0.4) is 0 Å². The van der Waals surface area contributed by atoms with Gasteiger partial charge in [0.15, 0.2) is 0 Å². The lowest BCUT2D eigenvalue weighted by Gasteiger charge is -2.30. The van der Waals surface area contributed by atoms with Crippen molar-refractivity contribution in [3.63, 3.8) is 0 Å². The largest absolute Gasteiger partial charge is 0.312 e. The molecule has 0 aromatic heterocycles. The second kappa shape index (κ2) is 5.50. The highest BCUT2D eigenvalue weighted by Crippen LogP contribution is 2.34. The molecule has 104 valence electrons. The zero-order valence-electron chi connectivity index (χ0n) is 12.2. The fourth-order valence-electron chi connectivity index (χ4n) is 4.13. The number of nitrogens with one attached hydrogen (secondary N) is 1. The van der Waals surface area contributed by atoms with Gasteiger partial charge in [0, 0.05) is 24.7 Å². The quantitative estimate of drug-likeness (QED) is 0.825. The third-order valence-electron chi connectivity index (χ3n) is 5.60. The van der Waals surface area contributed by atoms with E-state index in [0.29, 0.717) is 0 Å². The minimum absolute atomic E-state index is 0.773. The van der Waals surface area contributed by atoms with Crippen LogP contribution in [0.1, 0.15) is 58.8 Å². The average molecular weight is 250 g/mol. The van der Waals surface area contributed by atoms with E-state index in [1.807, 2.05) is 0 Å². The molecular formula is C16H30N2. The van der Waals surface area contributed by atoms with E-state index in [1.54, 1.807) is 0 Å². The molecule has 4 unspecified atom stereocenters. The van der Waals surface area contributed by atoms with Gasteiger partial charge in [0.25, 0.3) is 0 Å². The van der Waals surface area contributed by atoms with E-state index < -0.39 is 0 Å². The molecule has 3 aliphatic rings. The molecule has 1 saturated heterocycles. The summed E-state index contributed by atoms with van der Waals surface area (Å²) in [6.07, 6.45) is 10.1. The third-order valence-corrected chi connectivity index (χ3v) is 5.60. The first-order valence-electron chi connectivity index (χ1n) is 8.23. The van der Waals surface area contributed by atoms with Crippen molar-refractivity contribution in [3.8, 4) is 0 Å². The fraction of sp³-hybridized carbons (Fsp3) is 1.00. The number of nitrogens with zero attached hydrogens (tertiary/aromatic N) is 1.